The quantitative estimate of drug-likeness (QED) is 0.737. The summed E-state index contributed by atoms with van der Waals surface area (Å²) >= 11 is 0. The van der Waals surface area contributed by atoms with Crippen LogP contribution in [-0.4, -0.2) is 25.7 Å². The van der Waals surface area contributed by atoms with E-state index in [1.807, 2.05) is 20.8 Å². The van der Waals surface area contributed by atoms with E-state index in [1.165, 1.54) is 0 Å². The molecule has 19 heavy (non-hydrogen) atoms. The summed E-state index contributed by atoms with van der Waals surface area (Å²) in [4.78, 5) is 0. The van der Waals surface area contributed by atoms with E-state index >= 15 is 0 Å². The molecular weight excluding hydrogens is 257 g/mol. The molecule has 1 unspecified atom stereocenters. The smallest absolute Gasteiger partial charge is 0.353 e. The summed E-state index contributed by atoms with van der Waals surface area (Å²) < 4.78 is 49.4. The van der Waals surface area contributed by atoms with Crippen molar-refractivity contribution in [1.82, 2.24) is 0 Å². The standard InChI is InChI=1S/C14H25F3O2/c1-13(2,3)8-7-11(14(15,16)17)10-19-12-6-4-5-9-18-12/h11-12H,4-10H2,1-3H3/t11-,12?/m1/s1. The van der Waals surface area contributed by atoms with Crippen LogP contribution in [0.15, 0.2) is 0 Å². The molecule has 0 aromatic rings. The Morgan fingerprint density at radius 1 is 1.21 bits per heavy atom. The van der Waals surface area contributed by atoms with Gasteiger partial charge in [0.2, 0.25) is 0 Å². The number of halogens is 3. The van der Waals surface area contributed by atoms with E-state index in [0.717, 1.165) is 12.8 Å². The molecule has 0 radical (unpaired) electrons. The van der Waals surface area contributed by atoms with Crippen molar-refractivity contribution in [3.63, 3.8) is 0 Å². The van der Waals surface area contributed by atoms with Gasteiger partial charge in [0.25, 0.3) is 0 Å². The third kappa shape index (κ3) is 7.16. The van der Waals surface area contributed by atoms with Gasteiger partial charge >= 0.3 is 6.18 Å². The fraction of sp³-hybridized carbons (Fsp3) is 1.00. The van der Waals surface area contributed by atoms with Gasteiger partial charge < -0.3 is 9.47 Å². The molecule has 0 aromatic carbocycles. The molecule has 0 N–H and O–H groups in total. The van der Waals surface area contributed by atoms with Crippen LogP contribution in [0.2, 0.25) is 0 Å². The third-order valence-electron chi connectivity index (χ3n) is 3.33. The van der Waals surface area contributed by atoms with Crippen LogP contribution in [0, 0.1) is 11.3 Å². The molecule has 114 valence electrons. The van der Waals surface area contributed by atoms with Gasteiger partial charge in [-0.3, -0.25) is 0 Å². The topological polar surface area (TPSA) is 18.5 Å². The highest BCUT2D eigenvalue weighted by Gasteiger charge is 2.40. The lowest BCUT2D eigenvalue weighted by Crippen LogP contribution is -2.32. The molecule has 0 bridgehead atoms. The Morgan fingerprint density at radius 3 is 2.37 bits per heavy atom. The summed E-state index contributed by atoms with van der Waals surface area (Å²) in [7, 11) is 0. The number of ether oxygens (including phenoxy) is 2. The first kappa shape index (κ1) is 16.8. The van der Waals surface area contributed by atoms with Gasteiger partial charge in [0.15, 0.2) is 6.29 Å². The van der Waals surface area contributed by atoms with Crippen LogP contribution < -0.4 is 0 Å². The molecular formula is C14H25F3O2. The molecule has 0 aromatic heterocycles. The van der Waals surface area contributed by atoms with Gasteiger partial charge in [-0.2, -0.15) is 13.2 Å². The van der Waals surface area contributed by atoms with Gasteiger partial charge in [-0.05, 0) is 37.5 Å². The van der Waals surface area contributed by atoms with Crippen LogP contribution in [0.5, 0.6) is 0 Å². The highest BCUT2D eigenvalue weighted by Crippen LogP contribution is 2.34. The van der Waals surface area contributed by atoms with Crippen molar-refractivity contribution in [3.8, 4) is 0 Å². The van der Waals surface area contributed by atoms with E-state index in [1.54, 1.807) is 0 Å². The zero-order valence-corrected chi connectivity index (χ0v) is 12.1. The molecule has 1 aliphatic heterocycles. The van der Waals surface area contributed by atoms with E-state index in [2.05, 4.69) is 0 Å². The van der Waals surface area contributed by atoms with Gasteiger partial charge in [-0.25, -0.2) is 0 Å². The molecule has 2 nitrogen and oxygen atoms in total. The van der Waals surface area contributed by atoms with Gasteiger partial charge in [0.05, 0.1) is 12.5 Å². The van der Waals surface area contributed by atoms with Crippen molar-refractivity contribution in [2.75, 3.05) is 13.2 Å². The van der Waals surface area contributed by atoms with Crippen LogP contribution >= 0.6 is 0 Å². The van der Waals surface area contributed by atoms with Crippen LogP contribution in [0.1, 0.15) is 52.9 Å². The zero-order valence-electron chi connectivity index (χ0n) is 12.1. The molecule has 1 fully saturated rings. The SMILES string of the molecule is CC(C)(C)CC[C@H](COC1CCCCO1)C(F)(F)F. The second-order valence-electron chi connectivity index (χ2n) is 6.47. The van der Waals surface area contributed by atoms with Crippen LogP contribution in [0.4, 0.5) is 13.2 Å². The van der Waals surface area contributed by atoms with Gasteiger partial charge in [0.1, 0.15) is 0 Å². The van der Waals surface area contributed by atoms with Crippen molar-refractivity contribution in [2.24, 2.45) is 11.3 Å². The van der Waals surface area contributed by atoms with Crippen molar-refractivity contribution in [2.45, 2.75) is 65.3 Å². The first-order valence-corrected chi connectivity index (χ1v) is 6.98. The Morgan fingerprint density at radius 2 is 1.89 bits per heavy atom. The molecule has 0 saturated carbocycles. The summed E-state index contributed by atoms with van der Waals surface area (Å²) in [6.45, 7) is 6.15. The number of rotatable bonds is 5. The molecule has 0 amide bonds. The first-order chi connectivity index (χ1) is 8.68. The van der Waals surface area contributed by atoms with Gasteiger partial charge in [-0.15, -0.1) is 0 Å². The lowest BCUT2D eigenvalue weighted by molar-refractivity contribution is -0.223. The molecule has 1 rings (SSSR count). The monoisotopic (exact) mass is 282 g/mol. The van der Waals surface area contributed by atoms with E-state index in [-0.39, 0.29) is 18.4 Å². The van der Waals surface area contributed by atoms with Crippen molar-refractivity contribution < 1.29 is 22.6 Å². The minimum atomic E-state index is -4.19. The Labute approximate surface area is 113 Å². The molecule has 0 aliphatic carbocycles. The van der Waals surface area contributed by atoms with Crippen LogP contribution in [0.25, 0.3) is 0 Å². The van der Waals surface area contributed by atoms with E-state index in [0.29, 0.717) is 19.4 Å². The average molecular weight is 282 g/mol. The largest absolute Gasteiger partial charge is 0.394 e. The number of hydrogen-bond acceptors (Lipinski definition) is 2. The lowest BCUT2D eigenvalue weighted by atomic mass is 9.86. The minimum Gasteiger partial charge on any atom is -0.353 e. The molecule has 0 spiro atoms. The first-order valence-electron chi connectivity index (χ1n) is 6.98. The van der Waals surface area contributed by atoms with Crippen molar-refractivity contribution >= 4 is 0 Å². The fourth-order valence-electron chi connectivity index (χ4n) is 2.01. The van der Waals surface area contributed by atoms with E-state index < -0.39 is 18.4 Å². The minimum absolute atomic E-state index is 0.0924. The summed E-state index contributed by atoms with van der Waals surface area (Å²) in [6.07, 6.45) is -1.38. The Balaban J connectivity index is 2.41. The molecule has 1 heterocycles. The highest BCUT2D eigenvalue weighted by molar-refractivity contribution is 4.72. The van der Waals surface area contributed by atoms with E-state index in [9.17, 15) is 13.2 Å². The van der Waals surface area contributed by atoms with Crippen molar-refractivity contribution in [1.29, 1.82) is 0 Å². The van der Waals surface area contributed by atoms with Gasteiger partial charge in [0, 0.05) is 6.61 Å². The average Bonchev–Trinajstić information content (AvgIpc) is 2.27. The fourth-order valence-corrected chi connectivity index (χ4v) is 2.01. The normalized spacial score (nSPS) is 23.4. The highest BCUT2D eigenvalue weighted by atomic mass is 19.4. The summed E-state index contributed by atoms with van der Waals surface area (Å²) in [6, 6.07) is 0. The third-order valence-corrected chi connectivity index (χ3v) is 3.33. The van der Waals surface area contributed by atoms with Crippen molar-refractivity contribution in [3.05, 3.63) is 0 Å². The maximum absolute atomic E-state index is 12.9. The second-order valence-corrected chi connectivity index (χ2v) is 6.47. The molecule has 5 heteroatoms. The predicted molar refractivity (Wildman–Crippen MR) is 67.8 cm³/mol. The van der Waals surface area contributed by atoms with Crippen LogP contribution in [0.3, 0.4) is 0 Å². The maximum atomic E-state index is 12.9. The Kier molecular flexibility index (Phi) is 6.12. The maximum Gasteiger partial charge on any atom is 0.394 e. The zero-order chi connectivity index (χ0) is 14.5. The van der Waals surface area contributed by atoms with Gasteiger partial charge in [-0.1, -0.05) is 20.8 Å². The lowest BCUT2D eigenvalue weighted by Gasteiger charge is -2.28. The Hall–Kier alpha value is -0.290. The second kappa shape index (κ2) is 6.93. The molecule has 1 saturated heterocycles. The van der Waals surface area contributed by atoms with Crippen LogP contribution in [-0.2, 0) is 9.47 Å². The van der Waals surface area contributed by atoms with E-state index in [4.69, 9.17) is 9.47 Å². The molecule has 1 aliphatic rings. The summed E-state index contributed by atoms with van der Waals surface area (Å²) in [5, 5.41) is 0. The summed E-state index contributed by atoms with van der Waals surface area (Å²) in [5.74, 6) is -1.39. The number of alkyl halides is 3. The Bertz CT molecular complexity index is 252. The summed E-state index contributed by atoms with van der Waals surface area (Å²) in [5.41, 5.74) is -0.0924. The number of hydrogen-bond donors (Lipinski definition) is 0. The predicted octanol–water partition coefficient (Wildman–Crippen LogP) is 4.53. The molecule has 2 atom stereocenters.